The molecular weight excluding hydrogens is 432 g/mol. The molecule has 0 unspecified atom stereocenters. The fourth-order valence-electron chi connectivity index (χ4n) is 3.33. The zero-order valence-corrected chi connectivity index (χ0v) is 19.2. The van der Waals surface area contributed by atoms with Gasteiger partial charge in [-0.25, -0.2) is 9.78 Å². The van der Waals surface area contributed by atoms with Crippen LogP contribution in [0, 0.1) is 6.92 Å². The van der Waals surface area contributed by atoms with Crippen LogP contribution in [0.2, 0.25) is 5.02 Å². The molecule has 0 fully saturated rings. The normalized spacial score (nSPS) is 11.1. The van der Waals surface area contributed by atoms with Gasteiger partial charge in [-0.1, -0.05) is 42.0 Å². The van der Waals surface area contributed by atoms with E-state index < -0.39 is 6.09 Å². The Morgan fingerprint density at radius 3 is 2.81 bits per heavy atom. The molecule has 1 amide bonds. The van der Waals surface area contributed by atoms with Gasteiger partial charge in [0.1, 0.15) is 16.6 Å². The number of hydrogen-bond donors (Lipinski definition) is 1. The first-order valence-corrected chi connectivity index (χ1v) is 11.3. The summed E-state index contributed by atoms with van der Waals surface area (Å²) in [6.07, 6.45) is 2.20. The number of carbonyl (C=O) groups excluding carboxylic acids is 1. The minimum absolute atomic E-state index is 0.183. The first-order chi connectivity index (χ1) is 15.0. The number of amides is 1. The lowest BCUT2D eigenvalue weighted by Crippen LogP contribution is -2.13. The maximum absolute atomic E-state index is 12.4. The van der Waals surface area contributed by atoms with E-state index in [1.54, 1.807) is 0 Å². The van der Waals surface area contributed by atoms with Crippen LogP contribution in [0.4, 0.5) is 9.80 Å². The number of rotatable bonds is 6. The molecule has 0 bridgehead atoms. The summed E-state index contributed by atoms with van der Waals surface area (Å²) in [7, 11) is 0. The summed E-state index contributed by atoms with van der Waals surface area (Å²) in [6, 6.07) is 11.6. The molecule has 0 saturated heterocycles. The standard InChI is InChI=1S/C23H23ClN4O2S/c1-4-19-22(31-21(25-19)18-8-7-17(24)10-14(18)3)26-23(29)30-13-15-6-9-20-16(11-15)12-28(5-2)27-20/h6-12H,4-5,13H2,1-3H3,(H,26,29). The molecule has 0 spiro atoms. The van der Waals surface area contributed by atoms with E-state index in [1.807, 2.05) is 68.0 Å². The van der Waals surface area contributed by atoms with Crippen LogP contribution in [-0.2, 0) is 24.3 Å². The Labute approximate surface area is 189 Å². The van der Waals surface area contributed by atoms with Crippen LogP contribution in [0.3, 0.4) is 0 Å². The number of ether oxygens (including phenoxy) is 1. The average molecular weight is 455 g/mol. The van der Waals surface area contributed by atoms with Gasteiger partial charge in [0.25, 0.3) is 0 Å². The molecule has 0 atom stereocenters. The van der Waals surface area contributed by atoms with Gasteiger partial charge in [0.2, 0.25) is 0 Å². The molecule has 0 radical (unpaired) electrons. The third-order valence-electron chi connectivity index (χ3n) is 4.98. The number of aryl methyl sites for hydroxylation is 3. The van der Waals surface area contributed by atoms with Gasteiger partial charge < -0.3 is 4.74 Å². The van der Waals surface area contributed by atoms with Crippen molar-refractivity contribution in [3.05, 3.63) is 64.4 Å². The number of nitrogens with one attached hydrogen (secondary N) is 1. The first-order valence-electron chi connectivity index (χ1n) is 10.1. The highest BCUT2D eigenvalue weighted by Crippen LogP contribution is 2.35. The average Bonchev–Trinajstić information content (AvgIpc) is 3.35. The maximum atomic E-state index is 12.4. The Hall–Kier alpha value is -2.90. The lowest BCUT2D eigenvalue weighted by Gasteiger charge is -2.06. The van der Waals surface area contributed by atoms with Gasteiger partial charge in [0.05, 0.1) is 11.2 Å². The van der Waals surface area contributed by atoms with Crippen molar-refractivity contribution in [2.45, 2.75) is 40.3 Å². The van der Waals surface area contributed by atoms with E-state index in [-0.39, 0.29) is 6.61 Å². The van der Waals surface area contributed by atoms with Crippen LogP contribution in [-0.4, -0.2) is 20.9 Å². The number of anilines is 1. The zero-order valence-electron chi connectivity index (χ0n) is 17.6. The van der Waals surface area contributed by atoms with Crippen molar-refractivity contribution >= 4 is 44.9 Å². The second-order valence-corrected chi connectivity index (χ2v) is 8.62. The predicted octanol–water partition coefficient (Wildman–Crippen LogP) is 6.45. The topological polar surface area (TPSA) is 69.0 Å². The van der Waals surface area contributed by atoms with E-state index in [2.05, 4.69) is 10.4 Å². The van der Waals surface area contributed by atoms with Crippen LogP contribution in [0.5, 0.6) is 0 Å². The molecule has 2 heterocycles. The van der Waals surface area contributed by atoms with Crippen molar-refractivity contribution in [3.8, 4) is 10.6 Å². The number of hydrogen-bond acceptors (Lipinski definition) is 5. The summed E-state index contributed by atoms with van der Waals surface area (Å²) in [5.74, 6) is 0. The largest absolute Gasteiger partial charge is 0.444 e. The summed E-state index contributed by atoms with van der Waals surface area (Å²) in [5.41, 5.74) is 4.72. The van der Waals surface area contributed by atoms with Crippen LogP contribution in [0.1, 0.15) is 30.7 Å². The van der Waals surface area contributed by atoms with Gasteiger partial charge in [-0.3, -0.25) is 10.00 Å². The summed E-state index contributed by atoms with van der Waals surface area (Å²) in [5, 5.41) is 10.6. The molecule has 8 heteroatoms. The van der Waals surface area contributed by atoms with Gasteiger partial charge in [0, 0.05) is 28.7 Å². The lowest BCUT2D eigenvalue weighted by molar-refractivity contribution is 0.155. The molecule has 0 aliphatic rings. The van der Waals surface area contributed by atoms with E-state index in [1.165, 1.54) is 11.3 Å². The second kappa shape index (κ2) is 9.08. The van der Waals surface area contributed by atoms with E-state index in [0.717, 1.165) is 44.8 Å². The molecule has 4 rings (SSSR count). The molecule has 2 aromatic carbocycles. The van der Waals surface area contributed by atoms with E-state index in [9.17, 15) is 4.79 Å². The SMILES string of the molecule is CCc1nc(-c2ccc(Cl)cc2C)sc1NC(=O)OCc1ccc2nn(CC)cc2c1. The third-order valence-corrected chi connectivity index (χ3v) is 6.26. The quantitative estimate of drug-likeness (QED) is 0.363. The van der Waals surface area contributed by atoms with Crippen molar-refractivity contribution in [2.24, 2.45) is 0 Å². The van der Waals surface area contributed by atoms with Crippen LogP contribution in [0.25, 0.3) is 21.5 Å². The molecular formula is C23H23ClN4O2S. The molecule has 4 aromatic rings. The van der Waals surface area contributed by atoms with Crippen molar-refractivity contribution < 1.29 is 9.53 Å². The van der Waals surface area contributed by atoms with Crippen LogP contribution < -0.4 is 5.32 Å². The van der Waals surface area contributed by atoms with Crippen LogP contribution in [0.15, 0.2) is 42.6 Å². The number of fused-ring (bicyclic) bond motifs is 1. The molecule has 0 aliphatic carbocycles. The highest BCUT2D eigenvalue weighted by atomic mass is 35.5. The number of thiazole rings is 1. The van der Waals surface area contributed by atoms with Gasteiger partial charge in [-0.15, -0.1) is 0 Å². The smallest absolute Gasteiger partial charge is 0.412 e. The highest BCUT2D eigenvalue weighted by Gasteiger charge is 2.16. The Morgan fingerprint density at radius 1 is 1.23 bits per heavy atom. The van der Waals surface area contributed by atoms with Crippen molar-refractivity contribution in [3.63, 3.8) is 0 Å². The number of nitrogens with zero attached hydrogens (tertiary/aromatic N) is 3. The molecule has 160 valence electrons. The lowest BCUT2D eigenvalue weighted by atomic mass is 10.1. The van der Waals surface area contributed by atoms with Crippen molar-refractivity contribution in [2.75, 3.05) is 5.32 Å². The summed E-state index contributed by atoms with van der Waals surface area (Å²) >= 11 is 7.51. The summed E-state index contributed by atoms with van der Waals surface area (Å²) in [4.78, 5) is 17.1. The second-order valence-electron chi connectivity index (χ2n) is 7.19. The first kappa shape index (κ1) is 21.3. The number of carbonyl (C=O) groups is 1. The minimum Gasteiger partial charge on any atom is -0.444 e. The number of aromatic nitrogens is 3. The molecule has 1 N–H and O–H groups in total. The van der Waals surface area contributed by atoms with Crippen molar-refractivity contribution in [1.29, 1.82) is 0 Å². The Kier molecular flexibility index (Phi) is 6.25. The number of halogens is 1. The summed E-state index contributed by atoms with van der Waals surface area (Å²) < 4.78 is 7.34. The van der Waals surface area contributed by atoms with Gasteiger partial charge >= 0.3 is 6.09 Å². The van der Waals surface area contributed by atoms with Gasteiger partial charge in [-0.05, 0) is 55.7 Å². The van der Waals surface area contributed by atoms with Crippen molar-refractivity contribution in [1.82, 2.24) is 14.8 Å². The highest BCUT2D eigenvalue weighted by molar-refractivity contribution is 7.19. The molecule has 0 aliphatic heterocycles. The Bertz CT molecular complexity index is 1250. The van der Waals surface area contributed by atoms with Gasteiger partial charge in [-0.2, -0.15) is 5.10 Å². The molecule has 2 aromatic heterocycles. The van der Waals surface area contributed by atoms with E-state index >= 15 is 0 Å². The maximum Gasteiger partial charge on any atom is 0.412 e. The third kappa shape index (κ3) is 4.73. The fraction of sp³-hybridized carbons (Fsp3) is 0.261. The predicted molar refractivity (Wildman–Crippen MR) is 126 cm³/mol. The van der Waals surface area contributed by atoms with E-state index in [0.29, 0.717) is 16.4 Å². The zero-order chi connectivity index (χ0) is 22.0. The Balaban J connectivity index is 1.45. The molecule has 0 saturated carbocycles. The van der Waals surface area contributed by atoms with Gasteiger partial charge in [0.15, 0.2) is 0 Å². The molecule has 6 nitrogen and oxygen atoms in total. The molecule has 31 heavy (non-hydrogen) atoms. The monoisotopic (exact) mass is 454 g/mol. The fourth-order valence-corrected chi connectivity index (χ4v) is 4.68. The number of benzene rings is 2. The minimum atomic E-state index is -0.498. The van der Waals surface area contributed by atoms with Crippen LogP contribution >= 0.6 is 22.9 Å². The van der Waals surface area contributed by atoms with E-state index in [4.69, 9.17) is 21.3 Å². The Morgan fingerprint density at radius 2 is 2.06 bits per heavy atom. The summed E-state index contributed by atoms with van der Waals surface area (Å²) in [6.45, 7) is 7.05.